The molecular weight excluding hydrogens is 399 g/mol. The Morgan fingerprint density at radius 3 is 2.67 bits per heavy atom. The summed E-state index contributed by atoms with van der Waals surface area (Å²) in [5.41, 5.74) is -0.924. The molecule has 3 aromatic heterocycles. The predicted octanol–water partition coefficient (Wildman–Crippen LogP) is 4.61. The number of fused-ring (bicyclic) bond motifs is 1. The Kier molecular flexibility index (Phi) is 5.31. The van der Waals surface area contributed by atoms with E-state index in [4.69, 9.17) is 4.74 Å². The highest BCUT2D eigenvalue weighted by Crippen LogP contribution is 2.32. The molecule has 3 aromatic rings. The minimum absolute atomic E-state index is 0.145. The van der Waals surface area contributed by atoms with Gasteiger partial charge in [-0.15, -0.1) is 0 Å². The van der Waals surface area contributed by atoms with Crippen LogP contribution in [0.1, 0.15) is 54.3 Å². The Morgan fingerprint density at radius 2 is 1.97 bits per heavy atom. The largest absolute Gasteiger partial charge is 0.479 e. The highest BCUT2D eigenvalue weighted by atomic mass is 19.4. The quantitative estimate of drug-likeness (QED) is 0.668. The molecule has 1 N–H and O–H groups in total. The molecule has 1 saturated carbocycles. The standard InChI is InChI=1S/C20H20F3N5O2/c1-30-19-17-12(11-28(27-17)13-6-3-2-4-7-13)10-16(26-19)25-18(29)14-8-5-9-15(24-14)20(21,22)23/h5,8-11,13H,2-4,6-7H2,1H3,(H,25,29). The van der Waals surface area contributed by atoms with E-state index in [0.717, 1.165) is 43.2 Å². The first-order valence-electron chi connectivity index (χ1n) is 9.64. The number of rotatable bonds is 4. The first-order valence-corrected chi connectivity index (χ1v) is 9.64. The molecule has 0 aliphatic heterocycles. The highest BCUT2D eigenvalue weighted by molar-refractivity contribution is 6.03. The molecule has 3 heterocycles. The van der Waals surface area contributed by atoms with Crippen molar-refractivity contribution in [3.05, 3.63) is 41.9 Å². The number of nitrogens with zero attached hydrogens (tertiary/aromatic N) is 4. The second-order valence-electron chi connectivity index (χ2n) is 7.22. The lowest BCUT2D eigenvalue weighted by Crippen LogP contribution is -2.17. The molecule has 4 rings (SSSR count). The van der Waals surface area contributed by atoms with Crippen molar-refractivity contribution in [3.8, 4) is 5.88 Å². The summed E-state index contributed by atoms with van der Waals surface area (Å²) < 4.78 is 45.8. The van der Waals surface area contributed by atoms with Crippen LogP contribution in [0.4, 0.5) is 19.0 Å². The van der Waals surface area contributed by atoms with Crippen molar-refractivity contribution < 1.29 is 22.7 Å². The summed E-state index contributed by atoms with van der Waals surface area (Å²) in [7, 11) is 1.45. The molecule has 0 unspecified atom stereocenters. The molecule has 30 heavy (non-hydrogen) atoms. The number of alkyl halides is 3. The van der Waals surface area contributed by atoms with Crippen molar-refractivity contribution in [1.82, 2.24) is 19.7 Å². The van der Waals surface area contributed by atoms with E-state index >= 15 is 0 Å². The molecule has 7 nitrogen and oxygen atoms in total. The first kappa shape index (κ1) is 20.1. The predicted molar refractivity (Wildman–Crippen MR) is 103 cm³/mol. The van der Waals surface area contributed by atoms with E-state index in [0.29, 0.717) is 11.6 Å². The minimum atomic E-state index is -4.63. The fourth-order valence-electron chi connectivity index (χ4n) is 3.66. The molecule has 10 heteroatoms. The van der Waals surface area contributed by atoms with E-state index in [-0.39, 0.29) is 17.4 Å². The topological polar surface area (TPSA) is 81.9 Å². The number of hydrogen-bond donors (Lipinski definition) is 1. The van der Waals surface area contributed by atoms with Crippen molar-refractivity contribution in [2.24, 2.45) is 0 Å². The summed E-state index contributed by atoms with van der Waals surface area (Å²) in [6.45, 7) is 0. The molecule has 1 amide bonds. The number of hydrogen-bond acceptors (Lipinski definition) is 5. The molecular formula is C20H20F3N5O2. The molecule has 0 bridgehead atoms. The van der Waals surface area contributed by atoms with Gasteiger partial charge in [0.25, 0.3) is 5.91 Å². The molecule has 1 aliphatic carbocycles. The van der Waals surface area contributed by atoms with E-state index in [9.17, 15) is 18.0 Å². The monoisotopic (exact) mass is 419 g/mol. The Balaban J connectivity index is 1.62. The van der Waals surface area contributed by atoms with E-state index in [1.807, 2.05) is 10.9 Å². The van der Waals surface area contributed by atoms with Gasteiger partial charge in [0.05, 0.1) is 13.2 Å². The maximum absolute atomic E-state index is 12.9. The summed E-state index contributed by atoms with van der Waals surface area (Å²) in [4.78, 5) is 20.1. The summed E-state index contributed by atoms with van der Waals surface area (Å²) in [6.07, 6.45) is 2.88. The van der Waals surface area contributed by atoms with Gasteiger partial charge in [0.2, 0.25) is 5.88 Å². The molecule has 1 fully saturated rings. The van der Waals surface area contributed by atoms with Gasteiger partial charge in [-0.1, -0.05) is 25.3 Å². The molecule has 0 atom stereocenters. The lowest BCUT2D eigenvalue weighted by molar-refractivity contribution is -0.141. The summed E-state index contributed by atoms with van der Waals surface area (Å²) >= 11 is 0. The van der Waals surface area contributed by atoms with Crippen LogP contribution in [0.25, 0.3) is 10.9 Å². The molecule has 0 radical (unpaired) electrons. The number of halogens is 3. The number of carbonyl (C=O) groups excluding carboxylic acids is 1. The first-order chi connectivity index (χ1) is 14.3. The summed E-state index contributed by atoms with van der Waals surface area (Å²) in [5, 5.41) is 7.82. The van der Waals surface area contributed by atoms with Gasteiger partial charge in [-0.25, -0.2) is 4.98 Å². The van der Waals surface area contributed by atoms with Gasteiger partial charge in [-0.2, -0.15) is 23.3 Å². The van der Waals surface area contributed by atoms with Gasteiger partial charge >= 0.3 is 6.18 Å². The summed E-state index contributed by atoms with van der Waals surface area (Å²) in [5.74, 6) is -0.421. The molecule has 0 aromatic carbocycles. The van der Waals surface area contributed by atoms with Gasteiger partial charge in [0.15, 0.2) is 5.52 Å². The highest BCUT2D eigenvalue weighted by Gasteiger charge is 2.33. The Labute approximate surface area is 170 Å². The molecule has 0 saturated heterocycles. The van der Waals surface area contributed by atoms with Crippen LogP contribution >= 0.6 is 0 Å². The maximum atomic E-state index is 12.9. The van der Waals surface area contributed by atoms with Crippen LogP contribution in [0, 0.1) is 0 Å². The zero-order chi connectivity index (χ0) is 21.3. The van der Waals surface area contributed by atoms with E-state index < -0.39 is 17.8 Å². The van der Waals surface area contributed by atoms with Gasteiger partial charge in [0, 0.05) is 11.6 Å². The van der Waals surface area contributed by atoms with Crippen LogP contribution in [0.3, 0.4) is 0 Å². The number of amides is 1. The molecule has 1 aliphatic rings. The fraction of sp³-hybridized carbons (Fsp3) is 0.400. The van der Waals surface area contributed by atoms with Gasteiger partial charge in [-0.3, -0.25) is 9.48 Å². The molecule has 0 spiro atoms. The normalized spacial score (nSPS) is 15.3. The smallest absolute Gasteiger partial charge is 0.433 e. The van der Waals surface area contributed by atoms with Crippen molar-refractivity contribution in [3.63, 3.8) is 0 Å². The van der Waals surface area contributed by atoms with Crippen LogP contribution in [0.15, 0.2) is 30.5 Å². The number of nitrogens with one attached hydrogen (secondary N) is 1. The van der Waals surface area contributed by atoms with Gasteiger partial charge in [-0.05, 0) is 31.0 Å². The Bertz CT molecular complexity index is 1070. The SMILES string of the molecule is COc1nc(NC(=O)c2cccc(C(F)(F)F)n2)cc2cn(C3CCCCC3)nc12. The third kappa shape index (κ3) is 4.07. The van der Waals surface area contributed by atoms with Crippen LogP contribution < -0.4 is 10.1 Å². The Hall–Kier alpha value is -3.17. The van der Waals surface area contributed by atoms with Gasteiger partial charge < -0.3 is 10.1 Å². The Morgan fingerprint density at radius 1 is 1.20 bits per heavy atom. The third-order valence-electron chi connectivity index (χ3n) is 5.13. The zero-order valence-electron chi connectivity index (χ0n) is 16.2. The van der Waals surface area contributed by atoms with Crippen molar-refractivity contribution in [1.29, 1.82) is 0 Å². The number of carbonyl (C=O) groups is 1. The number of methoxy groups -OCH3 is 1. The minimum Gasteiger partial charge on any atom is -0.479 e. The lowest BCUT2D eigenvalue weighted by atomic mass is 9.96. The van der Waals surface area contributed by atoms with Crippen molar-refractivity contribution >= 4 is 22.6 Å². The second kappa shape index (κ2) is 7.92. The average Bonchev–Trinajstić information content (AvgIpc) is 3.17. The van der Waals surface area contributed by atoms with Gasteiger partial charge in [0.1, 0.15) is 17.2 Å². The fourth-order valence-corrected chi connectivity index (χ4v) is 3.66. The zero-order valence-corrected chi connectivity index (χ0v) is 16.2. The molecule has 158 valence electrons. The lowest BCUT2D eigenvalue weighted by Gasteiger charge is -2.21. The van der Waals surface area contributed by atoms with E-state index in [1.165, 1.54) is 19.6 Å². The van der Waals surface area contributed by atoms with Crippen LogP contribution in [-0.4, -0.2) is 32.8 Å². The maximum Gasteiger partial charge on any atom is 0.433 e. The average molecular weight is 419 g/mol. The number of aromatic nitrogens is 4. The summed E-state index contributed by atoms with van der Waals surface area (Å²) in [6, 6.07) is 5.08. The van der Waals surface area contributed by atoms with Crippen LogP contribution in [0.5, 0.6) is 5.88 Å². The number of ether oxygens (including phenoxy) is 1. The third-order valence-corrected chi connectivity index (χ3v) is 5.13. The van der Waals surface area contributed by atoms with Crippen LogP contribution in [-0.2, 0) is 6.18 Å². The second-order valence-corrected chi connectivity index (χ2v) is 7.22. The van der Waals surface area contributed by atoms with Crippen molar-refractivity contribution in [2.45, 2.75) is 44.3 Å². The van der Waals surface area contributed by atoms with E-state index in [2.05, 4.69) is 20.4 Å². The van der Waals surface area contributed by atoms with E-state index in [1.54, 1.807) is 6.07 Å². The van der Waals surface area contributed by atoms with Crippen molar-refractivity contribution in [2.75, 3.05) is 12.4 Å². The number of pyridine rings is 2. The van der Waals surface area contributed by atoms with Crippen LogP contribution in [0.2, 0.25) is 0 Å². The number of anilines is 1.